The van der Waals surface area contributed by atoms with Gasteiger partial charge in [0, 0.05) is 43.3 Å². The van der Waals surface area contributed by atoms with E-state index in [4.69, 9.17) is 0 Å². The van der Waals surface area contributed by atoms with Crippen LogP contribution in [0.1, 0.15) is 45.4 Å². The van der Waals surface area contributed by atoms with Gasteiger partial charge in [-0.1, -0.05) is 18.2 Å². The Hall–Kier alpha value is -2.44. The number of anilines is 2. The maximum Gasteiger partial charge on any atom is 0.230 e. The van der Waals surface area contributed by atoms with Crippen LogP contribution in [-0.2, 0) is 16.8 Å². The number of piperazine rings is 1. The maximum absolute atomic E-state index is 13.3. The quantitative estimate of drug-likeness (QED) is 0.778. The van der Waals surface area contributed by atoms with Crippen molar-refractivity contribution in [2.24, 2.45) is 5.92 Å². The van der Waals surface area contributed by atoms with Crippen LogP contribution in [0.2, 0.25) is 0 Å². The summed E-state index contributed by atoms with van der Waals surface area (Å²) in [4.78, 5) is 24.4. The number of benzene rings is 1. The standard InChI is InChI=1S/C26H36N4O2/c1-18-16-29(17-19(2)28(18)5)23-9-7-6-8-20(23)14-21-12-13-30(25(21)31)22-10-11-24(27-15-22)26(3,4)32/h6-11,15,18-19,21,32H,12-14,16-17H2,1-5H3/t18-,19?,21?/m0/s1. The smallest absolute Gasteiger partial charge is 0.230 e. The van der Waals surface area contributed by atoms with Crippen molar-refractivity contribution in [2.75, 3.05) is 36.5 Å². The first-order chi connectivity index (χ1) is 15.1. The molecule has 32 heavy (non-hydrogen) atoms. The highest BCUT2D eigenvalue weighted by Crippen LogP contribution is 2.32. The zero-order chi connectivity index (χ0) is 23.0. The van der Waals surface area contributed by atoms with Crippen molar-refractivity contribution >= 4 is 17.3 Å². The van der Waals surface area contributed by atoms with Crippen molar-refractivity contribution < 1.29 is 9.90 Å². The van der Waals surface area contributed by atoms with E-state index in [9.17, 15) is 9.90 Å². The van der Waals surface area contributed by atoms with E-state index in [2.05, 4.69) is 59.9 Å². The van der Waals surface area contributed by atoms with Crippen molar-refractivity contribution in [3.63, 3.8) is 0 Å². The molecule has 1 aromatic heterocycles. The lowest BCUT2D eigenvalue weighted by atomic mass is 9.95. The Labute approximate surface area is 191 Å². The first-order valence-electron chi connectivity index (χ1n) is 11.7. The predicted molar refractivity (Wildman–Crippen MR) is 129 cm³/mol. The summed E-state index contributed by atoms with van der Waals surface area (Å²) in [6.45, 7) is 10.7. The third-order valence-corrected chi connectivity index (χ3v) is 7.16. The van der Waals surface area contributed by atoms with Crippen LogP contribution >= 0.6 is 0 Å². The number of pyridine rings is 1. The fraction of sp³-hybridized carbons (Fsp3) is 0.538. The average Bonchev–Trinajstić information content (AvgIpc) is 3.11. The second kappa shape index (κ2) is 8.83. The van der Waals surface area contributed by atoms with E-state index in [1.165, 1.54) is 11.3 Å². The number of hydrogen-bond donors (Lipinski definition) is 1. The zero-order valence-corrected chi connectivity index (χ0v) is 20.0. The van der Waals surface area contributed by atoms with Crippen molar-refractivity contribution in [1.29, 1.82) is 0 Å². The molecule has 0 bridgehead atoms. The van der Waals surface area contributed by atoms with E-state index in [1.54, 1.807) is 26.1 Å². The lowest BCUT2D eigenvalue weighted by Crippen LogP contribution is -2.55. The summed E-state index contributed by atoms with van der Waals surface area (Å²) in [5, 5.41) is 10.1. The number of amides is 1. The predicted octanol–water partition coefficient (Wildman–Crippen LogP) is 3.43. The van der Waals surface area contributed by atoms with Crippen LogP contribution in [0.25, 0.3) is 0 Å². The normalized spacial score (nSPS) is 24.9. The monoisotopic (exact) mass is 436 g/mol. The van der Waals surface area contributed by atoms with Crippen LogP contribution < -0.4 is 9.80 Å². The Kier molecular flexibility index (Phi) is 6.28. The molecule has 2 aromatic rings. The highest BCUT2D eigenvalue weighted by atomic mass is 16.3. The molecule has 0 radical (unpaired) electrons. The maximum atomic E-state index is 13.3. The number of nitrogens with zero attached hydrogens (tertiary/aromatic N) is 4. The average molecular weight is 437 g/mol. The molecule has 2 saturated heterocycles. The molecule has 0 saturated carbocycles. The van der Waals surface area contributed by atoms with E-state index in [-0.39, 0.29) is 11.8 Å². The number of rotatable bonds is 5. The largest absolute Gasteiger partial charge is 0.384 e. The Balaban J connectivity index is 1.48. The summed E-state index contributed by atoms with van der Waals surface area (Å²) in [5.74, 6) is 0.144. The van der Waals surface area contributed by atoms with Crippen molar-refractivity contribution in [3.8, 4) is 0 Å². The number of hydrogen-bond acceptors (Lipinski definition) is 5. The first kappa shape index (κ1) is 22.7. The number of carbonyl (C=O) groups is 1. The molecule has 0 spiro atoms. The molecule has 2 fully saturated rings. The third kappa shape index (κ3) is 4.52. The lowest BCUT2D eigenvalue weighted by molar-refractivity contribution is -0.120. The Morgan fingerprint density at radius 1 is 1.09 bits per heavy atom. The van der Waals surface area contributed by atoms with Gasteiger partial charge in [-0.05, 0) is 71.3 Å². The fourth-order valence-electron chi connectivity index (χ4n) is 4.95. The van der Waals surface area contributed by atoms with E-state index in [0.29, 0.717) is 24.3 Å². The van der Waals surface area contributed by atoms with Gasteiger partial charge in [0.1, 0.15) is 5.60 Å². The van der Waals surface area contributed by atoms with Crippen LogP contribution in [-0.4, -0.2) is 59.7 Å². The summed E-state index contributed by atoms with van der Waals surface area (Å²) >= 11 is 0. The van der Waals surface area contributed by atoms with Crippen LogP contribution in [0.15, 0.2) is 42.6 Å². The highest BCUT2D eigenvalue weighted by molar-refractivity contribution is 5.97. The minimum absolute atomic E-state index is 0.0209. The van der Waals surface area contributed by atoms with Crippen molar-refractivity contribution in [2.45, 2.75) is 58.2 Å². The van der Waals surface area contributed by atoms with Crippen molar-refractivity contribution in [3.05, 3.63) is 53.9 Å². The van der Waals surface area contributed by atoms with Gasteiger partial charge in [-0.3, -0.25) is 14.7 Å². The van der Waals surface area contributed by atoms with E-state index in [0.717, 1.165) is 31.6 Å². The SMILES string of the molecule is CC1CN(c2ccccc2CC2CCN(c3ccc(C(C)(C)O)nc3)C2=O)C[C@H](C)N1C. The molecular formula is C26H36N4O2. The van der Waals surface area contributed by atoms with E-state index in [1.807, 2.05) is 11.0 Å². The van der Waals surface area contributed by atoms with E-state index < -0.39 is 5.60 Å². The Morgan fingerprint density at radius 3 is 2.41 bits per heavy atom. The van der Waals surface area contributed by atoms with Crippen LogP contribution in [0.4, 0.5) is 11.4 Å². The topological polar surface area (TPSA) is 59.9 Å². The molecule has 6 nitrogen and oxygen atoms in total. The molecule has 1 aromatic carbocycles. The van der Waals surface area contributed by atoms with Crippen LogP contribution in [0.3, 0.4) is 0 Å². The molecule has 0 aliphatic carbocycles. The first-order valence-corrected chi connectivity index (χ1v) is 11.7. The molecule has 1 amide bonds. The molecular weight excluding hydrogens is 400 g/mol. The molecule has 2 unspecified atom stereocenters. The summed E-state index contributed by atoms with van der Waals surface area (Å²) in [5.41, 5.74) is 2.95. The van der Waals surface area contributed by atoms with Gasteiger partial charge < -0.3 is 14.9 Å². The molecule has 2 aliphatic rings. The number of aromatic nitrogens is 1. The number of likely N-dealkylation sites (N-methyl/N-ethyl adjacent to an activating group) is 1. The third-order valence-electron chi connectivity index (χ3n) is 7.16. The summed E-state index contributed by atoms with van der Waals surface area (Å²) < 4.78 is 0. The Morgan fingerprint density at radius 2 is 1.78 bits per heavy atom. The summed E-state index contributed by atoms with van der Waals surface area (Å²) in [6, 6.07) is 13.3. The number of para-hydroxylation sites is 1. The van der Waals surface area contributed by atoms with E-state index >= 15 is 0 Å². The minimum Gasteiger partial charge on any atom is -0.384 e. The molecule has 3 heterocycles. The highest BCUT2D eigenvalue weighted by Gasteiger charge is 2.34. The fourth-order valence-corrected chi connectivity index (χ4v) is 4.95. The molecule has 4 rings (SSSR count). The lowest BCUT2D eigenvalue weighted by Gasteiger charge is -2.44. The second-order valence-corrected chi connectivity index (χ2v) is 10.0. The zero-order valence-electron chi connectivity index (χ0n) is 20.0. The molecule has 1 N–H and O–H groups in total. The molecule has 3 atom stereocenters. The van der Waals surface area contributed by atoms with Gasteiger partial charge in [0.05, 0.1) is 17.6 Å². The molecule has 6 heteroatoms. The van der Waals surface area contributed by atoms with Gasteiger partial charge in [0.25, 0.3) is 0 Å². The number of aliphatic hydroxyl groups is 1. The van der Waals surface area contributed by atoms with Gasteiger partial charge in [-0.15, -0.1) is 0 Å². The molecule has 172 valence electrons. The van der Waals surface area contributed by atoms with Crippen LogP contribution in [0.5, 0.6) is 0 Å². The van der Waals surface area contributed by atoms with Gasteiger partial charge in [0.2, 0.25) is 5.91 Å². The second-order valence-electron chi connectivity index (χ2n) is 10.0. The number of carbonyl (C=O) groups excluding carboxylic acids is 1. The minimum atomic E-state index is -0.988. The summed E-state index contributed by atoms with van der Waals surface area (Å²) in [7, 11) is 2.20. The van der Waals surface area contributed by atoms with Gasteiger partial charge in [-0.25, -0.2) is 0 Å². The van der Waals surface area contributed by atoms with Gasteiger partial charge in [-0.2, -0.15) is 0 Å². The van der Waals surface area contributed by atoms with Crippen molar-refractivity contribution in [1.82, 2.24) is 9.88 Å². The van der Waals surface area contributed by atoms with Gasteiger partial charge in [0.15, 0.2) is 0 Å². The van der Waals surface area contributed by atoms with Crippen LogP contribution in [0, 0.1) is 5.92 Å². The molecule has 2 aliphatic heterocycles. The summed E-state index contributed by atoms with van der Waals surface area (Å²) in [6.07, 6.45) is 3.31. The Bertz CT molecular complexity index is 941. The van der Waals surface area contributed by atoms with Gasteiger partial charge >= 0.3 is 0 Å².